The number of benzene rings is 1. The molecule has 1 fully saturated rings. The second kappa shape index (κ2) is 7.44. The number of nitrogens with zero attached hydrogens (tertiary/aromatic N) is 1. The maximum absolute atomic E-state index is 12.2. The predicted octanol–water partition coefficient (Wildman–Crippen LogP) is 1.67. The standard InChI is InChI=1S/C15H21ClN2O3S/c1-22(20,21)18-10-2-3-13(11-18)15(19)17-9-8-12-4-6-14(16)7-5-12/h4-7,13H,2-3,8-11H2,1H3,(H,17,19)/t13-/m1/s1. The van der Waals surface area contributed by atoms with Crippen LogP contribution in [0.1, 0.15) is 18.4 Å². The third kappa shape index (κ3) is 4.97. The summed E-state index contributed by atoms with van der Waals surface area (Å²) >= 11 is 5.82. The predicted molar refractivity (Wildman–Crippen MR) is 87.3 cm³/mol. The SMILES string of the molecule is CS(=O)(=O)N1CCC[C@@H](C(=O)NCCc2ccc(Cl)cc2)C1. The molecule has 1 N–H and O–H groups in total. The minimum Gasteiger partial charge on any atom is -0.355 e. The Bertz CT molecular complexity index is 616. The number of amides is 1. The lowest BCUT2D eigenvalue weighted by molar-refractivity contribution is -0.126. The van der Waals surface area contributed by atoms with Gasteiger partial charge in [-0.15, -0.1) is 0 Å². The monoisotopic (exact) mass is 344 g/mol. The topological polar surface area (TPSA) is 66.5 Å². The van der Waals surface area contributed by atoms with E-state index in [0.717, 1.165) is 24.8 Å². The van der Waals surface area contributed by atoms with Crippen molar-refractivity contribution in [2.45, 2.75) is 19.3 Å². The van der Waals surface area contributed by atoms with Crippen LogP contribution in [0.4, 0.5) is 0 Å². The Hall–Kier alpha value is -1.11. The minimum atomic E-state index is -3.22. The van der Waals surface area contributed by atoms with Crippen molar-refractivity contribution >= 4 is 27.5 Å². The first-order valence-electron chi connectivity index (χ1n) is 7.33. The number of carbonyl (C=O) groups excluding carboxylic acids is 1. The van der Waals surface area contributed by atoms with Crippen molar-refractivity contribution in [1.82, 2.24) is 9.62 Å². The molecule has 1 aliphatic heterocycles. The number of sulfonamides is 1. The molecule has 0 aliphatic carbocycles. The van der Waals surface area contributed by atoms with Gasteiger partial charge in [-0.3, -0.25) is 4.79 Å². The van der Waals surface area contributed by atoms with Crippen LogP contribution in [0.15, 0.2) is 24.3 Å². The minimum absolute atomic E-state index is 0.0673. The van der Waals surface area contributed by atoms with E-state index in [1.165, 1.54) is 10.6 Å². The summed E-state index contributed by atoms with van der Waals surface area (Å²) in [5.41, 5.74) is 1.10. The summed E-state index contributed by atoms with van der Waals surface area (Å²) in [7, 11) is -3.22. The molecular formula is C15H21ClN2O3S. The van der Waals surface area contributed by atoms with Gasteiger partial charge in [-0.1, -0.05) is 23.7 Å². The van der Waals surface area contributed by atoms with Crippen molar-refractivity contribution in [2.75, 3.05) is 25.9 Å². The van der Waals surface area contributed by atoms with Gasteiger partial charge in [0.2, 0.25) is 15.9 Å². The van der Waals surface area contributed by atoms with Gasteiger partial charge >= 0.3 is 0 Å². The lowest BCUT2D eigenvalue weighted by Crippen LogP contribution is -2.45. The third-order valence-corrected chi connectivity index (χ3v) is 5.37. The van der Waals surface area contributed by atoms with Crippen molar-refractivity contribution in [3.63, 3.8) is 0 Å². The fourth-order valence-corrected chi connectivity index (χ4v) is 3.62. The van der Waals surface area contributed by atoms with E-state index in [-0.39, 0.29) is 18.4 Å². The van der Waals surface area contributed by atoms with E-state index in [2.05, 4.69) is 5.32 Å². The quantitative estimate of drug-likeness (QED) is 0.883. The fourth-order valence-electron chi connectivity index (χ4n) is 2.58. The molecule has 1 aromatic rings. The number of carbonyl (C=O) groups is 1. The molecule has 122 valence electrons. The van der Waals surface area contributed by atoms with Gasteiger partial charge in [0, 0.05) is 24.7 Å². The van der Waals surface area contributed by atoms with Crippen LogP contribution in [0, 0.1) is 5.92 Å². The molecule has 5 nitrogen and oxygen atoms in total. The van der Waals surface area contributed by atoms with Crippen LogP contribution in [0.25, 0.3) is 0 Å². The van der Waals surface area contributed by atoms with Crippen molar-refractivity contribution in [3.8, 4) is 0 Å². The molecule has 1 aromatic carbocycles. The molecule has 2 rings (SSSR count). The zero-order valence-electron chi connectivity index (χ0n) is 12.6. The molecule has 1 aliphatic rings. The molecule has 0 aromatic heterocycles. The lowest BCUT2D eigenvalue weighted by Gasteiger charge is -2.30. The average molecular weight is 345 g/mol. The molecule has 7 heteroatoms. The van der Waals surface area contributed by atoms with Gasteiger partial charge in [-0.25, -0.2) is 12.7 Å². The molecule has 1 atom stereocenters. The first kappa shape index (κ1) is 17.2. The Labute approximate surface area is 136 Å². The zero-order valence-corrected chi connectivity index (χ0v) is 14.2. The van der Waals surface area contributed by atoms with E-state index >= 15 is 0 Å². The number of halogens is 1. The Morgan fingerprint density at radius 2 is 2.05 bits per heavy atom. The van der Waals surface area contributed by atoms with Crippen molar-refractivity contribution in [3.05, 3.63) is 34.9 Å². The van der Waals surface area contributed by atoms with Crippen LogP contribution in [0.2, 0.25) is 5.02 Å². The number of rotatable bonds is 5. The van der Waals surface area contributed by atoms with Gasteiger partial charge < -0.3 is 5.32 Å². The second-order valence-corrected chi connectivity index (χ2v) is 8.05. The van der Waals surface area contributed by atoms with Crippen molar-refractivity contribution in [1.29, 1.82) is 0 Å². The molecule has 0 spiro atoms. The number of piperidine rings is 1. The Morgan fingerprint density at radius 1 is 1.36 bits per heavy atom. The lowest BCUT2D eigenvalue weighted by atomic mass is 9.99. The first-order chi connectivity index (χ1) is 10.4. The van der Waals surface area contributed by atoms with E-state index in [9.17, 15) is 13.2 Å². The maximum atomic E-state index is 12.2. The molecular weight excluding hydrogens is 324 g/mol. The smallest absolute Gasteiger partial charge is 0.224 e. The van der Waals surface area contributed by atoms with Crippen LogP contribution in [0.5, 0.6) is 0 Å². The highest BCUT2D eigenvalue weighted by Gasteiger charge is 2.29. The van der Waals surface area contributed by atoms with Gasteiger partial charge in [0.25, 0.3) is 0 Å². The highest BCUT2D eigenvalue weighted by Crippen LogP contribution is 2.18. The van der Waals surface area contributed by atoms with Crippen molar-refractivity contribution in [2.24, 2.45) is 5.92 Å². The van der Waals surface area contributed by atoms with Crippen LogP contribution in [0.3, 0.4) is 0 Å². The normalized spacial score (nSPS) is 19.8. The van der Waals surface area contributed by atoms with Gasteiger partial charge in [0.1, 0.15) is 0 Å². The van der Waals surface area contributed by atoms with Gasteiger partial charge in [-0.05, 0) is 37.0 Å². The van der Waals surface area contributed by atoms with Crippen LogP contribution >= 0.6 is 11.6 Å². The molecule has 0 radical (unpaired) electrons. The molecule has 1 heterocycles. The molecule has 22 heavy (non-hydrogen) atoms. The molecule has 1 saturated heterocycles. The van der Waals surface area contributed by atoms with Crippen LogP contribution in [-0.2, 0) is 21.2 Å². The largest absolute Gasteiger partial charge is 0.355 e. The Kier molecular flexibility index (Phi) is 5.83. The van der Waals surface area contributed by atoms with E-state index in [0.29, 0.717) is 18.1 Å². The summed E-state index contributed by atoms with van der Waals surface area (Å²) in [6.07, 6.45) is 3.38. The van der Waals surface area contributed by atoms with Crippen LogP contribution in [-0.4, -0.2) is 44.5 Å². The van der Waals surface area contributed by atoms with E-state index in [4.69, 9.17) is 11.6 Å². The Morgan fingerprint density at radius 3 is 2.68 bits per heavy atom. The molecule has 0 unspecified atom stereocenters. The van der Waals surface area contributed by atoms with Gasteiger partial charge in [0.05, 0.1) is 12.2 Å². The van der Waals surface area contributed by atoms with Gasteiger partial charge in [0.15, 0.2) is 0 Å². The number of hydrogen-bond donors (Lipinski definition) is 1. The highest BCUT2D eigenvalue weighted by atomic mass is 35.5. The first-order valence-corrected chi connectivity index (χ1v) is 9.56. The highest BCUT2D eigenvalue weighted by molar-refractivity contribution is 7.88. The maximum Gasteiger partial charge on any atom is 0.224 e. The van der Waals surface area contributed by atoms with Crippen molar-refractivity contribution < 1.29 is 13.2 Å². The molecule has 0 saturated carbocycles. The van der Waals surface area contributed by atoms with Crippen LogP contribution < -0.4 is 5.32 Å². The summed E-state index contributed by atoms with van der Waals surface area (Å²) in [5.74, 6) is -0.323. The molecule has 0 bridgehead atoms. The second-order valence-electron chi connectivity index (χ2n) is 5.63. The van der Waals surface area contributed by atoms with E-state index < -0.39 is 10.0 Å². The summed E-state index contributed by atoms with van der Waals surface area (Å²) in [6.45, 7) is 1.33. The summed E-state index contributed by atoms with van der Waals surface area (Å²) in [5, 5.41) is 3.58. The Balaban J connectivity index is 1.80. The fraction of sp³-hybridized carbons (Fsp3) is 0.533. The summed E-state index contributed by atoms with van der Waals surface area (Å²) < 4.78 is 24.5. The zero-order chi connectivity index (χ0) is 16.2. The van der Waals surface area contributed by atoms with Gasteiger partial charge in [-0.2, -0.15) is 0 Å². The molecule has 1 amide bonds. The van der Waals surface area contributed by atoms with E-state index in [1.54, 1.807) is 0 Å². The third-order valence-electron chi connectivity index (χ3n) is 3.85. The summed E-state index contributed by atoms with van der Waals surface area (Å²) in [4.78, 5) is 12.2. The average Bonchev–Trinajstić information content (AvgIpc) is 2.48. The number of nitrogens with one attached hydrogen (secondary N) is 1. The summed E-state index contributed by atoms with van der Waals surface area (Å²) in [6, 6.07) is 7.51. The number of hydrogen-bond acceptors (Lipinski definition) is 3. The van der Waals surface area contributed by atoms with E-state index in [1.807, 2.05) is 24.3 Å².